The van der Waals surface area contributed by atoms with Crippen molar-refractivity contribution in [3.8, 4) is 17.1 Å². The first-order valence-corrected chi connectivity index (χ1v) is 7.24. The van der Waals surface area contributed by atoms with Gasteiger partial charge in [-0.05, 0) is 29.8 Å². The van der Waals surface area contributed by atoms with Crippen LogP contribution in [0.2, 0.25) is 5.02 Å². The monoisotopic (exact) mass is 345 g/mol. The molecule has 4 N–H and O–H groups in total. The largest absolute Gasteiger partial charge is 0.502 e. The molecule has 24 heavy (non-hydrogen) atoms. The SMILES string of the molecule is N[C@@H](c1ccc(Cl)cc1)c1nc(-c2ccc(O)c([N+](=O)[O-])c2)n[nH]1. The molecule has 0 bridgehead atoms. The number of halogens is 1. The van der Waals surface area contributed by atoms with Crippen LogP contribution in [0, 0.1) is 10.1 Å². The number of rotatable bonds is 4. The van der Waals surface area contributed by atoms with Gasteiger partial charge in [0.2, 0.25) is 0 Å². The number of nitrogens with zero attached hydrogens (tertiary/aromatic N) is 3. The van der Waals surface area contributed by atoms with E-state index in [9.17, 15) is 15.2 Å². The van der Waals surface area contributed by atoms with Crippen LogP contribution in [-0.4, -0.2) is 25.2 Å². The molecule has 1 aromatic heterocycles. The molecule has 8 nitrogen and oxygen atoms in total. The van der Waals surface area contributed by atoms with Crippen molar-refractivity contribution in [3.05, 3.63) is 69.0 Å². The Labute approximate surface area is 141 Å². The quantitative estimate of drug-likeness (QED) is 0.492. The van der Waals surface area contributed by atoms with Crippen molar-refractivity contribution in [2.45, 2.75) is 6.04 Å². The van der Waals surface area contributed by atoms with Crippen molar-refractivity contribution in [2.75, 3.05) is 0 Å². The smallest absolute Gasteiger partial charge is 0.311 e. The Morgan fingerprint density at radius 2 is 1.96 bits per heavy atom. The molecule has 9 heteroatoms. The number of aromatic hydroxyl groups is 1. The highest BCUT2D eigenvalue weighted by atomic mass is 35.5. The number of nitro benzene ring substituents is 1. The minimum atomic E-state index is -0.675. The van der Waals surface area contributed by atoms with E-state index in [1.807, 2.05) is 0 Å². The molecular formula is C15H12ClN5O3. The molecule has 0 aliphatic heterocycles. The van der Waals surface area contributed by atoms with Gasteiger partial charge in [0.15, 0.2) is 11.6 Å². The van der Waals surface area contributed by atoms with Crippen molar-refractivity contribution in [3.63, 3.8) is 0 Å². The van der Waals surface area contributed by atoms with Crippen LogP contribution < -0.4 is 5.73 Å². The highest BCUT2D eigenvalue weighted by molar-refractivity contribution is 6.30. The molecule has 0 radical (unpaired) electrons. The molecule has 0 aliphatic carbocycles. The lowest BCUT2D eigenvalue weighted by atomic mass is 10.1. The van der Waals surface area contributed by atoms with E-state index >= 15 is 0 Å². The van der Waals surface area contributed by atoms with Gasteiger partial charge in [0, 0.05) is 16.7 Å². The minimum absolute atomic E-state index is 0.248. The lowest BCUT2D eigenvalue weighted by molar-refractivity contribution is -0.385. The van der Waals surface area contributed by atoms with E-state index in [2.05, 4.69) is 15.2 Å². The lowest BCUT2D eigenvalue weighted by Gasteiger charge is -2.08. The third kappa shape index (κ3) is 3.05. The fraction of sp³-hybridized carbons (Fsp3) is 0.0667. The molecular weight excluding hydrogens is 334 g/mol. The van der Waals surface area contributed by atoms with Gasteiger partial charge in [-0.15, -0.1) is 0 Å². The van der Waals surface area contributed by atoms with Gasteiger partial charge >= 0.3 is 5.69 Å². The number of hydrogen-bond acceptors (Lipinski definition) is 6. The Balaban J connectivity index is 1.92. The van der Waals surface area contributed by atoms with Gasteiger partial charge in [0.1, 0.15) is 5.82 Å². The fourth-order valence-electron chi connectivity index (χ4n) is 2.18. The number of H-pyrrole nitrogens is 1. The van der Waals surface area contributed by atoms with Crippen LogP contribution >= 0.6 is 11.6 Å². The molecule has 3 aromatic rings. The minimum Gasteiger partial charge on any atom is -0.502 e. The molecule has 1 atom stereocenters. The van der Waals surface area contributed by atoms with E-state index < -0.39 is 22.4 Å². The van der Waals surface area contributed by atoms with Crippen LogP contribution in [-0.2, 0) is 0 Å². The van der Waals surface area contributed by atoms with Crippen LogP contribution in [0.15, 0.2) is 42.5 Å². The summed E-state index contributed by atoms with van der Waals surface area (Å²) >= 11 is 5.85. The van der Waals surface area contributed by atoms with E-state index in [0.29, 0.717) is 16.4 Å². The summed E-state index contributed by atoms with van der Waals surface area (Å²) in [5.41, 5.74) is 6.90. The number of benzene rings is 2. The zero-order chi connectivity index (χ0) is 17.3. The summed E-state index contributed by atoms with van der Waals surface area (Å²) in [5.74, 6) is 0.234. The second-order valence-electron chi connectivity index (χ2n) is 5.03. The highest BCUT2D eigenvalue weighted by Crippen LogP contribution is 2.30. The molecule has 0 unspecified atom stereocenters. The van der Waals surface area contributed by atoms with Gasteiger partial charge in [-0.2, -0.15) is 5.10 Å². The molecule has 3 rings (SSSR count). The predicted octanol–water partition coefficient (Wildman–Crippen LogP) is 2.79. The summed E-state index contributed by atoms with van der Waals surface area (Å²) in [6.07, 6.45) is 0. The van der Waals surface area contributed by atoms with Crippen molar-refractivity contribution >= 4 is 17.3 Å². The van der Waals surface area contributed by atoms with Crippen LogP contribution in [0.3, 0.4) is 0 Å². The standard InChI is InChI=1S/C15H12ClN5O3/c16-10-4-1-8(2-5-10)13(17)15-18-14(19-20-15)9-3-6-12(22)11(7-9)21(23)24/h1-7,13,22H,17H2,(H,18,19,20)/t13-/m0/s1. The van der Waals surface area contributed by atoms with Crippen molar-refractivity contribution in [1.82, 2.24) is 15.2 Å². The van der Waals surface area contributed by atoms with E-state index in [4.69, 9.17) is 17.3 Å². The maximum atomic E-state index is 10.9. The van der Waals surface area contributed by atoms with Crippen LogP contribution in [0.4, 0.5) is 5.69 Å². The second kappa shape index (κ2) is 6.26. The number of aromatic amines is 1. The van der Waals surface area contributed by atoms with Crippen molar-refractivity contribution in [1.29, 1.82) is 0 Å². The maximum absolute atomic E-state index is 10.9. The third-order valence-electron chi connectivity index (χ3n) is 3.46. The van der Waals surface area contributed by atoms with E-state index in [1.54, 1.807) is 24.3 Å². The molecule has 0 fully saturated rings. The molecule has 2 aromatic carbocycles. The molecule has 0 saturated carbocycles. The number of phenolic OH excluding ortho intramolecular Hbond substituents is 1. The highest BCUT2D eigenvalue weighted by Gasteiger charge is 2.18. The zero-order valence-corrected chi connectivity index (χ0v) is 12.9. The number of nitro groups is 1. The summed E-state index contributed by atoms with van der Waals surface area (Å²) in [7, 11) is 0. The first-order valence-electron chi connectivity index (χ1n) is 6.87. The van der Waals surface area contributed by atoms with Crippen LogP contribution in [0.25, 0.3) is 11.4 Å². The zero-order valence-electron chi connectivity index (χ0n) is 12.2. The molecule has 0 amide bonds. The summed E-state index contributed by atoms with van der Waals surface area (Å²) in [6.45, 7) is 0. The third-order valence-corrected chi connectivity index (χ3v) is 3.71. The van der Waals surface area contributed by atoms with Crippen LogP contribution in [0.1, 0.15) is 17.4 Å². The second-order valence-corrected chi connectivity index (χ2v) is 5.47. The average molecular weight is 346 g/mol. The van der Waals surface area contributed by atoms with E-state index in [1.165, 1.54) is 18.2 Å². The molecule has 0 saturated heterocycles. The summed E-state index contributed by atoms with van der Waals surface area (Å²) in [6, 6.07) is 10.4. The van der Waals surface area contributed by atoms with Gasteiger partial charge in [0.05, 0.1) is 11.0 Å². The Kier molecular flexibility index (Phi) is 4.15. The van der Waals surface area contributed by atoms with Gasteiger partial charge in [-0.25, -0.2) is 4.98 Å². The van der Waals surface area contributed by atoms with E-state index in [-0.39, 0.29) is 5.82 Å². The molecule has 122 valence electrons. The molecule has 0 spiro atoms. The van der Waals surface area contributed by atoms with E-state index in [0.717, 1.165) is 5.56 Å². The number of hydrogen-bond donors (Lipinski definition) is 3. The number of nitrogens with one attached hydrogen (secondary N) is 1. The lowest BCUT2D eigenvalue weighted by Crippen LogP contribution is -2.13. The summed E-state index contributed by atoms with van der Waals surface area (Å²) in [4.78, 5) is 14.5. The first kappa shape index (κ1) is 15.9. The van der Waals surface area contributed by atoms with Gasteiger partial charge in [-0.1, -0.05) is 23.7 Å². The normalized spacial score (nSPS) is 12.1. The Bertz CT molecular complexity index is 894. The Morgan fingerprint density at radius 3 is 2.62 bits per heavy atom. The summed E-state index contributed by atoms with van der Waals surface area (Å²) in [5, 5.41) is 27.8. The maximum Gasteiger partial charge on any atom is 0.311 e. The average Bonchev–Trinajstić information content (AvgIpc) is 3.05. The first-order chi connectivity index (χ1) is 11.5. The fourth-order valence-corrected chi connectivity index (χ4v) is 2.31. The molecule has 0 aliphatic rings. The number of phenols is 1. The Morgan fingerprint density at radius 1 is 1.25 bits per heavy atom. The number of nitrogens with two attached hydrogens (primary N) is 1. The van der Waals surface area contributed by atoms with Gasteiger partial charge in [-0.3, -0.25) is 15.2 Å². The van der Waals surface area contributed by atoms with Crippen molar-refractivity contribution in [2.24, 2.45) is 5.73 Å². The van der Waals surface area contributed by atoms with Crippen LogP contribution in [0.5, 0.6) is 5.75 Å². The topological polar surface area (TPSA) is 131 Å². The summed E-state index contributed by atoms with van der Waals surface area (Å²) < 4.78 is 0. The predicted molar refractivity (Wildman–Crippen MR) is 87.6 cm³/mol. The van der Waals surface area contributed by atoms with Gasteiger partial charge in [0.25, 0.3) is 0 Å². The molecule has 1 heterocycles. The Hall–Kier alpha value is -2.97. The van der Waals surface area contributed by atoms with Crippen molar-refractivity contribution < 1.29 is 10.0 Å². The number of aromatic nitrogens is 3. The van der Waals surface area contributed by atoms with Gasteiger partial charge < -0.3 is 10.8 Å².